The minimum Gasteiger partial charge on any atom is -0.208 e. The second kappa shape index (κ2) is 13.4. The summed E-state index contributed by atoms with van der Waals surface area (Å²) in [4.78, 5) is 15.6. The first-order chi connectivity index (χ1) is 29.7. The molecule has 1 aliphatic rings. The zero-order valence-electron chi connectivity index (χ0n) is 32.3. The first-order valence-electron chi connectivity index (χ1n) is 20.2. The summed E-state index contributed by atoms with van der Waals surface area (Å²) in [6.45, 7) is 0. The van der Waals surface area contributed by atoms with E-state index >= 15 is 0 Å². The topological polar surface area (TPSA) is 62.5 Å². The van der Waals surface area contributed by atoms with Crippen molar-refractivity contribution in [3.05, 3.63) is 200 Å². The van der Waals surface area contributed by atoms with Crippen molar-refractivity contribution in [3.63, 3.8) is 0 Å². The Bertz CT molecular complexity index is 3490. The number of nitrogens with zero attached hydrogens (tertiary/aromatic N) is 4. The molecule has 1 heterocycles. The predicted molar refractivity (Wildman–Crippen MR) is 246 cm³/mol. The Hall–Kier alpha value is -8.26. The van der Waals surface area contributed by atoms with E-state index in [2.05, 4.69) is 188 Å². The lowest BCUT2D eigenvalue weighted by atomic mass is 9.86. The standard InChI is InChI=1S/C56H32N4/c57-33-34-17-19-37(20-18-34)42-25-27-48-44-14-6-7-15-45(44)49-28-29-50(52(42)53(48)49)47-26-30-51(46-16-8-5-13-43(46)47)56-59-54(40-23-21-35-9-1-3-11-38(35)31-40)58-55(60-56)41-24-22-36-10-2-4-12-39(36)32-41/h1-32H. The highest BCUT2D eigenvalue weighted by Crippen LogP contribution is 2.52. The molecule has 11 aromatic rings. The van der Waals surface area contributed by atoms with Crippen molar-refractivity contribution in [1.82, 2.24) is 15.0 Å². The van der Waals surface area contributed by atoms with Crippen LogP contribution in [0.4, 0.5) is 0 Å². The van der Waals surface area contributed by atoms with E-state index in [9.17, 15) is 5.26 Å². The van der Waals surface area contributed by atoms with Crippen LogP contribution in [0.15, 0.2) is 194 Å². The Kier molecular flexibility index (Phi) is 7.57. The molecule has 0 N–H and O–H groups in total. The van der Waals surface area contributed by atoms with Crippen LogP contribution in [-0.4, -0.2) is 15.0 Å². The smallest absolute Gasteiger partial charge is 0.164 e. The van der Waals surface area contributed by atoms with Crippen molar-refractivity contribution in [2.45, 2.75) is 0 Å². The van der Waals surface area contributed by atoms with Gasteiger partial charge in [0.1, 0.15) is 0 Å². The maximum absolute atomic E-state index is 9.61. The van der Waals surface area contributed by atoms with Gasteiger partial charge in [0.15, 0.2) is 17.5 Å². The van der Waals surface area contributed by atoms with Crippen LogP contribution < -0.4 is 0 Å². The minimum absolute atomic E-state index is 0.619. The molecule has 276 valence electrons. The number of hydrogen-bond acceptors (Lipinski definition) is 4. The lowest BCUT2D eigenvalue weighted by Crippen LogP contribution is -2.01. The number of nitriles is 1. The first-order valence-corrected chi connectivity index (χ1v) is 20.2. The Morgan fingerprint density at radius 3 is 1.30 bits per heavy atom. The fourth-order valence-electron chi connectivity index (χ4n) is 9.23. The normalized spacial score (nSPS) is 11.7. The second-order valence-electron chi connectivity index (χ2n) is 15.4. The maximum atomic E-state index is 9.61. The van der Waals surface area contributed by atoms with Gasteiger partial charge < -0.3 is 0 Å². The van der Waals surface area contributed by atoms with E-state index in [0.717, 1.165) is 60.5 Å². The van der Waals surface area contributed by atoms with Crippen molar-refractivity contribution >= 4 is 43.1 Å². The van der Waals surface area contributed by atoms with Crippen molar-refractivity contribution in [1.29, 1.82) is 5.26 Å². The summed E-state index contributed by atoms with van der Waals surface area (Å²) in [5.41, 5.74) is 12.9. The molecule has 0 radical (unpaired) electrons. The lowest BCUT2D eigenvalue weighted by Gasteiger charge is -2.18. The van der Waals surface area contributed by atoms with Gasteiger partial charge in [0.2, 0.25) is 0 Å². The van der Waals surface area contributed by atoms with Gasteiger partial charge in [-0.05, 0) is 118 Å². The summed E-state index contributed by atoms with van der Waals surface area (Å²) in [7, 11) is 0. The molecule has 0 amide bonds. The van der Waals surface area contributed by atoms with Gasteiger partial charge in [0, 0.05) is 16.7 Å². The van der Waals surface area contributed by atoms with E-state index in [1.54, 1.807) is 0 Å². The van der Waals surface area contributed by atoms with Crippen molar-refractivity contribution in [2.75, 3.05) is 0 Å². The third-order valence-electron chi connectivity index (χ3n) is 12.1. The van der Waals surface area contributed by atoms with Gasteiger partial charge in [0.05, 0.1) is 11.6 Å². The Morgan fingerprint density at radius 2 is 0.717 bits per heavy atom. The third kappa shape index (κ3) is 5.34. The van der Waals surface area contributed by atoms with Crippen molar-refractivity contribution in [2.24, 2.45) is 0 Å². The van der Waals surface area contributed by atoms with Crippen LogP contribution in [-0.2, 0) is 0 Å². The summed E-state index contributed by atoms with van der Waals surface area (Å²) in [5.74, 6) is 1.87. The number of fused-ring (bicyclic) bond motifs is 6. The molecule has 0 saturated carbocycles. The predicted octanol–water partition coefficient (Wildman–Crippen LogP) is 14.3. The second-order valence-corrected chi connectivity index (χ2v) is 15.4. The highest BCUT2D eigenvalue weighted by Gasteiger charge is 2.26. The fraction of sp³-hybridized carbons (Fsp3) is 0. The largest absolute Gasteiger partial charge is 0.208 e. The van der Waals surface area contributed by atoms with Gasteiger partial charge in [-0.3, -0.25) is 0 Å². The van der Waals surface area contributed by atoms with Crippen LogP contribution in [0.2, 0.25) is 0 Å². The zero-order valence-corrected chi connectivity index (χ0v) is 32.3. The molecular formula is C56H32N4. The van der Waals surface area contributed by atoms with Gasteiger partial charge >= 0.3 is 0 Å². The van der Waals surface area contributed by atoms with E-state index in [4.69, 9.17) is 15.0 Å². The van der Waals surface area contributed by atoms with E-state index < -0.39 is 0 Å². The van der Waals surface area contributed by atoms with Gasteiger partial charge in [-0.15, -0.1) is 0 Å². The fourth-order valence-corrected chi connectivity index (χ4v) is 9.23. The zero-order chi connectivity index (χ0) is 39.7. The molecule has 10 aromatic carbocycles. The maximum Gasteiger partial charge on any atom is 0.164 e. The number of benzene rings is 10. The van der Waals surface area contributed by atoms with Crippen LogP contribution in [0, 0.1) is 11.3 Å². The third-order valence-corrected chi connectivity index (χ3v) is 12.1. The molecule has 60 heavy (non-hydrogen) atoms. The highest BCUT2D eigenvalue weighted by atomic mass is 15.0. The molecule has 1 aliphatic carbocycles. The molecule has 0 fully saturated rings. The van der Waals surface area contributed by atoms with Crippen LogP contribution >= 0.6 is 0 Å². The average Bonchev–Trinajstić information content (AvgIpc) is 3.65. The van der Waals surface area contributed by atoms with E-state index in [0.29, 0.717) is 23.0 Å². The SMILES string of the molecule is N#Cc1ccc(-c2ccc3c4c(ccc(-c5ccc(-c6nc(-c7ccc8ccccc8c7)nc(-c7ccc8ccccc8c7)n6)c6ccccc56)c24)-c2ccccc2-3)cc1. The Morgan fingerprint density at radius 1 is 0.300 bits per heavy atom. The number of aromatic nitrogens is 3. The molecular weight excluding hydrogens is 729 g/mol. The molecule has 0 unspecified atom stereocenters. The van der Waals surface area contributed by atoms with Crippen LogP contribution in [0.25, 0.3) is 122 Å². The monoisotopic (exact) mass is 760 g/mol. The summed E-state index contributed by atoms with van der Waals surface area (Å²) in [6.07, 6.45) is 0. The summed E-state index contributed by atoms with van der Waals surface area (Å²) in [5, 5.41) is 18.8. The molecule has 4 heteroatoms. The molecule has 4 nitrogen and oxygen atoms in total. The Labute approximate surface area is 346 Å². The molecule has 0 saturated heterocycles. The molecule has 0 atom stereocenters. The lowest BCUT2D eigenvalue weighted by molar-refractivity contribution is 1.08. The Balaban J connectivity index is 1.09. The molecule has 12 rings (SSSR count). The van der Waals surface area contributed by atoms with Gasteiger partial charge in [-0.1, -0.05) is 164 Å². The molecule has 0 spiro atoms. The van der Waals surface area contributed by atoms with Crippen LogP contribution in [0.5, 0.6) is 0 Å². The molecule has 0 aliphatic heterocycles. The summed E-state index contributed by atoms with van der Waals surface area (Å²) in [6, 6.07) is 70.6. The van der Waals surface area contributed by atoms with Crippen molar-refractivity contribution < 1.29 is 0 Å². The summed E-state index contributed by atoms with van der Waals surface area (Å²) < 4.78 is 0. The molecule has 0 bridgehead atoms. The minimum atomic E-state index is 0.619. The van der Waals surface area contributed by atoms with Gasteiger partial charge in [-0.25, -0.2) is 15.0 Å². The van der Waals surface area contributed by atoms with E-state index in [-0.39, 0.29) is 0 Å². The van der Waals surface area contributed by atoms with Crippen molar-refractivity contribution in [3.8, 4) is 84.7 Å². The van der Waals surface area contributed by atoms with E-state index in [1.165, 1.54) is 43.8 Å². The first kappa shape index (κ1) is 33.8. The number of hydrogen-bond donors (Lipinski definition) is 0. The van der Waals surface area contributed by atoms with Crippen LogP contribution in [0.1, 0.15) is 5.56 Å². The number of rotatable bonds is 5. The van der Waals surface area contributed by atoms with Gasteiger partial charge in [0.25, 0.3) is 0 Å². The van der Waals surface area contributed by atoms with E-state index in [1.807, 2.05) is 12.1 Å². The average molecular weight is 761 g/mol. The van der Waals surface area contributed by atoms with Crippen LogP contribution in [0.3, 0.4) is 0 Å². The molecule has 1 aromatic heterocycles. The highest BCUT2D eigenvalue weighted by molar-refractivity contribution is 6.24. The van der Waals surface area contributed by atoms with Gasteiger partial charge in [-0.2, -0.15) is 5.26 Å². The summed E-state index contributed by atoms with van der Waals surface area (Å²) >= 11 is 0. The quantitative estimate of drug-likeness (QED) is 0.175.